The minimum absolute atomic E-state index is 0.0997. The Hall–Kier alpha value is -0.970. The van der Waals surface area contributed by atoms with Crippen LogP contribution in [0.15, 0.2) is 11.1 Å². The number of aryl methyl sites for hydroxylation is 2. The van der Waals surface area contributed by atoms with Gasteiger partial charge in [-0.3, -0.25) is 9.48 Å². The van der Waals surface area contributed by atoms with Crippen molar-refractivity contribution in [2.75, 3.05) is 0 Å². The lowest BCUT2D eigenvalue weighted by Gasteiger charge is -2.15. The van der Waals surface area contributed by atoms with Crippen LogP contribution in [0.5, 0.6) is 0 Å². The molecule has 0 aliphatic heterocycles. The van der Waals surface area contributed by atoms with E-state index >= 15 is 0 Å². The van der Waals surface area contributed by atoms with Crippen LogP contribution in [0, 0.1) is 12.8 Å². The second-order valence-corrected chi connectivity index (χ2v) is 5.03. The smallest absolute Gasteiger partial charge is 0.317 e. The minimum Gasteiger partial charge on any atom is -0.480 e. The van der Waals surface area contributed by atoms with Crippen molar-refractivity contribution >= 4 is 17.7 Å². The van der Waals surface area contributed by atoms with Gasteiger partial charge < -0.3 is 5.11 Å². The molecule has 15 heavy (non-hydrogen) atoms. The number of aromatic nitrogens is 2. The standard InChI is InChI=1S/C10H16N2O2S/c1-6(2)9(10(13)14)15-8-5-7(3)11-12(8)4/h5-6,9H,1-4H3,(H,13,14). The van der Waals surface area contributed by atoms with Crippen molar-refractivity contribution < 1.29 is 9.90 Å². The van der Waals surface area contributed by atoms with Gasteiger partial charge in [-0.05, 0) is 18.9 Å². The Balaban J connectivity index is 2.83. The van der Waals surface area contributed by atoms with E-state index in [1.165, 1.54) is 11.8 Å². The van der Waals surface area contributed by atoms with E-state index in [0.717, 1.165) is 10.7 Å². The lowest BCUT2D eigenvalue weighted by atomic mass is 10.1. The van der Waals surface area contributed by atoms with Crippen LogP contribution in [0.2, 0.25) is 0 Å². The van der Waals surface area contributed by atoms with Crippen molar-refractivity contribution in [2.45, 2.75) is 31.0 Å². The van der Waals surface area contributed by atoms with Crippen LogP contribution in [0.1, 0.15) is 19.5 Å². The summed E-state index contributed by atoms with van der Waals surface area (Å²) in [5.41, 5.74) is 0.910. The fourth-order valence-electron chi connectivity index (χ4n) is 1.30. The molecule has 1 N–H and O–H groups in total. The topological polar surface area (TPSA) is 55.1 Å². The number of rotatable bonds is 4. The van der Waals surface area contributed by atoms with Gasteiger partial charge in [0.2, 0.25) is 0 Å². The molecule has 0 fully saturated rings. The maximum atomic E-state index is 11.0. The Morgan fingerprint density at radius 3 is 2.53 bits per heavy atom. The fourth-order valence-corrected chi connectivity index (χ4v) is 2.36. The lowest BCUT2D eigenvalue weighted by Crippen LogP contribution is -2.22. The van der Waals surface area contributed by atoms with E-state index in [9.17, 15) is 4.79 Å². The Kier molecular flexibility index (Phi) is 3.79. The molecule has 0 spiro atoms. The Labute approximate surface area is 93.7 Å². The average molecular weight is 228 g/mol. The third kappa shape index (κ3) is 2.99. The average Bonchev–Trinajstić information content (AvgIpc) is 2.39. The zero-order valence-electron chi connectivity index (χ0n) is 9.39. The van der Waals surface area contributed by atoms with E-state index < -0.39 is 11.2 Å². The predicted molar refractivity (Wildman–Crippen MR) is 60.1 cm³/mol. The molecule has 84 valence electrons. The highest BCUT2D eigenvalue weighted by atomic mass is 32.2. The SMILES string of the molecule is Cc1cc(SC(C(=O)O)C(C)C)n(C)n1. The van der Waals surface area contributed by atoms with Crippen molar-refractivity contribution in [2.24, 2.45) is 13.0 Å². The van der Waals surface area contributed by atoms with Crippen molar-refractivity contribution in [1.82, 2.24) is 9.78 Å². The highest BCUT2D eigenvalue weighted by Crippen LogP contribution is 2.28. The number of carbonyl (C=O) groups is 1. The second kappa shape index (κ2) is 4.70. The summed E-state index contributed by atoms with van der Waals surface area (Å²) in [4.78, 5) is 11.0. The molecule has 0 aliphatic rings. The van der Waals surface area contributed by atoms with E-state index in [2.05, 4.69) is 5.10 Å². The summed E-state index contributed by atoms with van der Waals surface area (Å²) < 4.78 is 1.72. The van der Waals surface area contributed by atoms with Crippen LogP contribution < -0.4 is 0 Å². The first-order valence-electron chi connectivity index (χ1n) is 4.82. The Bertz CT molecular complexity index is 360. The van der Waals surface area contributed by atoms with Gasteiger partial charge in [0, 0.05) is 7.05 Å². The van der Waals surface area contributed by atoms with Gasteiger partial charge in [-0.2, -0.15) is 5.10 Å². The first-order chi connectivity index (χ1) is 6.91. The second-order valence-electron chi connectivity index (χ2n) is 3.87. The molecule has 1 aromatic rings. The van der Waals surface area contributed by atoms with Gasteiger partial charge in [-0.15, -0.1) is 0 Å². The molecule has 1 unspecified atom stereocenters. The van der Waals surface area contributed by atoms with Crippen LogP contribution in [-0.2, 0) is 11.8 Å². The molecule has 1 aromatic heterocycles. The van der Waals surface area contributed by atoms with Gasteiger partial charge in [-0.25, -0.2) is 0 Å². The normalized spacial score (nSPS) is 13.1. The molecule has 0 saturated carbocycles. The van der Waals surface area contributed by atoms with Crippen molar-refractivity contribution in [3.05, 3.63) is 11.8 Å². The highest BCUT2D eigenvalue weighted by Gasteiger charge is 2.24. The molecular formula is C10H16N2O2S. The maximum Gasteiger partial charge on any atom is 0.317 e. The van der Waals surface area contributed by atoms with Crippen molar-refractivity contribution in [3.63, 3.8) is 0 Å². The number of carboxylic acid groups (broad SMARTS) is 1. The molecule has 1 heterocycles. The fraction of sp³-hybridized carbons (Fsp3) is 0.600. The summed E-state index contributed by atoms with van der Waals surface area (Å²) in [6.07, 6.45) is 0. The van der Waals surface area contributed by atoms with Gasteiger partial charge in [0.15, 0.2) is 0 Å². The van der Waals surface area contributed by atoms with Gasteiger partial charge in [0.05, 0.1) is 10.7 Å². The summed E-state index contributed by atoms with van der Waals surface area (Å²) in [7, 11) is 1.83. The third-order valence-electron chi connectivity index (χ3n) is 2.06. The van der Waals surface area contributed by atoms with Gasteiger partial charge >= 0.3 is 5.97 Å². The van der Waals surface area contributed by atoms with Crippen LogP contribution >= 0.6 is 11.8 Å². The van der Waals surface area contributed by atoms with Crippen LogP contribution in [-0.4, -0.2) is 26.1 Å². The van der Waals surface area contributed by atoms with E-state index in [1.54, 1.807) is 4.68 Å². The van der Waals surface area contributed by atoms with Gasteiger partial charge in [0.1, 0.15) is 5.25 Å². The van der Waals surface area contributed by atoms with Crippen LogP contribution in [0.3, 0.4) is 0 Å². The molecular weight excluding hydrogens is 212 g/mol. The molecule has 0 saturated heterocycles. The lowest BCUT2D eigenvalue weighted by molar-refractivity contribution is -0.137. The molecule has 1 atom stereocenters. The molecule has 0 bridgehead atoms. The molecule has 1 rings (SSSR count). The van der Waals surface area contributed by atoms with Crippen LogP contribution in [0.4, 0.5) is 0 Å². The number of aliphatic carboxylic acids is 1. The first-order valence-corrected chi connectivity index (χ1v) is 5.70. The number of hydrogen-bond donors (Lipinski definition) is 1. The number of carboxylic acids is 1. The zero-order valence-corrected chi connectivity index (χ0v) is 10.2. The van der Waals surface area contributed by atoms with Crippen molar-refractivity contribution in [3.8, 4) is 0 Å². The van der Waals surface area contributed by atoms with E-state index in [-0.39, 0.29) is 5.92 Å². The summed E-state index contributed by atoms with van der Waals surface area (Å²) in [5.74, 6) is -0.670. The summed E-state index contributed by atoms with van der Waals surface area (Å²) >= 11 is 1.35. The molecule has 0 radical (unpaired) electrons. The van der Waals surface area contributed by atoms with Gasteiger partial charge in [-0.1, -0.05) is 25.6 Å². The minimum atomic E-state index is -0.770. The molecule has 0 aromatic carbocycles. The molecule has 5 heteroatoms. The molecule has 4 nitrogen and oxygen atoms in total. The zero-order chi connectivity index (χ0) is 11.6. The van der Waals surface area contributed by atoms with Crippen LogP contribution in [0.25, 0.3) is 0 Å². The highest BCUT2D eigenvalue weighted by molar-refractivity contribution is 8.00. The Morgan fingerprint density at radius 2 is 2.20 bits per heavy atom. The van der Waals surface area contributed by atoms with E-state index in [1.807, 2.05) is 33.9 Å². The number of nitrogens with zero attached hydrogens (tertiary/aromatic N) is 2. The number of thioether (sulfide) groups is 1. The predicted octanol–water partition coefficient (Wildman–Crippen LogP) is 1.93. The monoisotopic (exact) mass is 228 g/mol. The van der Waals surface area contributed by atoms with E-state index in [4.69, 9.17) is 5.11 Å². The van der Waals surface area contributed by atoms with Gasteiger partial charge in [0.25, 0.3) is 0 Å². The Morgan fingerprint density at radius 1 is 1.60 bits per heavy atom. The summed E-state index contributed by atoms with van der Waals surface area (Å²) in [5, 5.41) is 13.7. The largest absolute Gasteiger partial charge is 0.480 e. The first kappa shape index (κ1) is 12.1. The maximum absolute atomic E-state index is 11.0. The summed E-state index contributed by atoms with van der Waals surface area (Å²) in [6, 6.07) is 1.91. The summed E-state index contributed by atoms with van der Waals surface area (Å²) in [6.45, 7) is 5.72. The number of hydrogen-bond acceptors (Lipinski definition) is 3. The molecule has 0 amide bonds. The van der Waals surface area contributed by atoms with Crippen molar-refractivity contribution in [1.29, 1.82) is 0 Å². The molecule has 0 aliphatic carbocycles. The quantitative estimate of drug-likeness (QED) is 0.800. The van der Waals surface area contributed by atoms with E-state index in [0.29, 0.717) is 0 Å². The third-order valence-corrected chi connectivity index (χ3v) is 3.68.